The SMILES string of the molecule is CCc1ccccc1NC(=O)CNC(=O)COc1c(Cl)cccc1Cl. The quantitative estimate of drug-likeness (QED) is 0.769. The second kappa shape index (κ2) is 9.30. The maximum Gasteiger partial charge on any atom is 0.258 e. The molecule has 0 aliphatic heterocycles. The summed E-state index contributed by atoms with van der Waals surface area (Å²) < 4.78 is 5.31. The first-order valence-electron chi connectivity index (χ1n) is 7.72. The Hall–Kier alpha value is -2.24. The standard InChI is InChI=1S/C18H18Cl2N2O3/c1-2-12-6-3-4-9-15(12)22-16(23)10-21-17(24)11-25-18-13(19)7-5-8-14(18)20/h3-9H,2,10-11H2,1H3,(H,21,24)(H,22,23). The Kier molecular flexibility index (Phi) is 7.10. The van der Waals surface area contributed by atoms with Crippen molar-refractivity contribution in [3.05, 3.63) is 58.1 Å². The smallest absolute Gasteiger partial charge is 0.258 e. The summed E-state index contributed by atoms with van der Waals surface area (Å²) in [6, 6.07) is 12.4. The number of amides is 2. The lowest BCUT2D eigenvalue weighted by molar-refractivity contribution is -0.125. The van der Waals surface area contributed by atoms with Crippen molar-refractivity contribution in [1.82, 2.24) is 5.32 Å². The van der Waals surface area contributed by atoms with Gasteiger partial charge in [0.05, 0.1) is 16.6 Å². The van der Waals surface area contributed by atoms with E-state index in [9.17, 15) is 9.59 Å². The molecular weight excluding hydrogens is 363 g/mol. The fraction of sp³-hybridized carbons (Fsp3) is 0.222. The molecule has 0 saturated heterocycles. The van der Waals surface area contributed by atoms with Crippen LogP contribution in [-0.2, 0) is 16.0 Å². The van der Waals surface area contributed by atoms with E-state index in [4.69, 9.17) is 27.9 Å². The summed E-state index contributed by atoms with van der Waals surface area (Å²) in [5.41, 5.74) is 1.77. The van der Waals surface area contributed by atoms with Crippen LogP contribution in [0.2, 0.25) is 10.0 Å². The van der Waals surface area contributed by atoms with E-state index >= 15 is 0 Å². The van der Waals surface area contributed by atoms with E-state index in [0.29, 0.717) is 10.0 Å². The number of hydrogen-bond donors (Lipinski definition) is 2. The van der Waals surface area contributed by atoms with Crippen molar-refractivity contribution in [3.8, 4) is 5.75 Å². The summed E-state index contributed by atoms with van der Waals surface area (Å²) >= 11 is 11.9. The minimum atomic E-state index is -0.449. The highest BCUT2D eigenvalue weighted by molar-refractivity contribution is 6.37. The third-order valence-corrected chi connectivity index (χ3v) is 3.98. The highest BCUT2D eigenvalue weighted by Crippen LogP contribution is 2.32. The molecule has 0 spiro atoms. The molecule has 0 fully saturated rings. The van der Waals surface area contributed by atoms with Gasteiger partial charge in [0.15, 0.2) is 12.4 Å². The summed E-state index contributed by atoms with van der Waals surface area (Å²) in [6.07, 6.45) is 0.801. The Balaban J connectivity index is 1.80. The lowest BCUT2D eigenvalue weighted by Gasteiger charge is -2.11. The average Bonchev–Trinajstić information content (AvgIpc) is 2.60. The minimum Gasteiger partial charge on any atom is -0.481 e. The molecule has 0 aliphatic rings. The van der Waals surface area contributed by atoms with Gasteiger partial charge in [0.2, 0.25) is 5.91 Å². The van der Waals surface area contributed by atoms with Crippen molar-refractivity contribution in [2.75, 3.05) is 18.5 Å². The van der Waals surface area contributed by atoms with Gasteiger partial charge in [-0.3, -0.25) is 9.59 Å². The molecule has 0 unspecified atom stereocenters. The van der Waals surface area contributed by atoms with Gasteiger partial charge in [-0.15, -0.1) is 0 Å². The number of hydrogen-bond acceptors (Lipinski definition) is 3. The highest BCUT2D eigenvalue weighted by Gasteiger charge is 2.11. The molecule has 25 heavy (non-hydrogen) atoms. The van der Waals surface area contributed by atoms with Gasteiger partial charge in [-0.1, -0.05) is 54.4 Å². The monoisotopic (exact) mass is 380 g/mol. The maximum absolute atomic E-state index is 12.0. The van der Waals surface area contributed by atoms with E-state index in [0.717, 1.165) is 17.7 Å². The number of anilines is 1. The van der Waals surface area contributed by atoms with E-state index < -0.39 is 5.91 Å². The third kappa shape index (κ3) is 5.66. The van der Waals surface area contributed by atoms with Crippen LogP contribution >= 0.6 is 23.2 Å². The fourth-order valence-corrected chi connectivity index (χ4v) is 2.64. The Morgan fingerprint density at radius 2 is 1.68 bits per heavy atom. The fourth-order valence-electron chi connectivity index (χ4n) is 2.13. The normalized spacial score (nSPS) is 10.2. The first-order valence-corrected chi connectivity index (χ1v) is 8.48. The van der Waals surface area contributed by atoms with Crippen LogP contribution in [-0.4, -0.2) is 25.0 Å². The molecule has 2 amide bonds. The van der Waals surface area contributed by atoms with Crippen LogP contribution in [0.15, 0.2) is 42.5 Å². The van der Waals surface area contributed by atoms with Crippen LogP contribution < -0.4 is 15.4 Å². The number of nitrogens with one attached hydrogen (secondary N) is 2. The predicted octanol–water partition coefficient (Wildman–Crippen LogP) is 3.69. The summed E-state index contributed by atoms with van der Waals surface area (Å²) in [4.78, 5) is 23.8. The van der Waals surface area contributed by atoms with Crippen LogP contribution in [0.5, 0.6) is 5.75 Å². The summed E-state index contributed by atoms with van der Waals surface area (Å²) in [5.74, 6) is -0.526. The molecule has 0 aliphatic carbocycles. The molecule has 5 nitrogen and oxygen atoms in total. The second-order valence-corrected chi connectivity index (χ2v) is 5.99. The van der Waals surface area contributed by atoms with Crippen molar-refractivity contribution in [2.24, 2.45) is 0 Å². The number of benzene rings is 2. The second-order valence-electron chi connectivity index (χ2n) is 5.18. The van der Waals surface area contributed by atoms with Crippen molar-refractivity contribution in [3.63, 3.8) is 0 Å². The molecule has 132 valence electrons. The Morgan fingerprint density at radius 1 is 1.00 bits per heavy atom. The molecule has 0 radical (unpaired) electrons. The largest absolute Gasteiger partial charge is 0.481 e. The third-order valence-electron chi connectivity index (χ3n) is 3.39. The molecule has 0 atom stereocenters. The van der Waals surface area contributed by atoms with E-state index in [1.807, 2.05) is 31.2 Å². The molecule has 2 rings (SSSR count). The zero-order chi connectivity index (χ0) is 18.2. The van der Waals surface area contributed by atoms with Gasteiger partial charge in [0, 0.05) is 5.69 Å². The van der Waals surface area contributed by atoms with E-state index in [2.05, 4.69) is 10.6 Å². The first kappa shape index (κ1) is 19.1. The molecule has 2 N–H and O–H groups in total. The van der Waals surface area contributed by atoms with E-state index in [1.165, 1.54) is 0 Å². The molecule has 2 aromatic carbocycles. The van der Waals surface area contributed by atoms with Crippen molar-refractivity contribution in [1.29, 1.82) is 0 Å². The van der Waals surface area contributed by atoms with Crippen LogP contribution in [0.4, 0.5) is 5.69 Å². The molecule has 2 aromatic rings. The lowest BCUT2D eigenvalue weighted by Crippen LogP contribution is -2.36. The van der Waals surface area contributed by atoms with Gasteiger partial charge in [-0.2, -0.15) is 0 Å². The van der Waals surface area contributed by atoms with Gasteiger partial charge < -0.3 is 15.4 Å². The number of ether oxygens (including phenoxy) is 1. The van der Waals surface area contributed by atoms with Crippen LogP contribution in [0.1, 0.15) is 12.5 Å². The van der Waals surface area contributed by atoms with Crippen LogP contribution in [0.25, 0.3) is 0 Å². The Morgan fingerprint density at radius 3 is 2.36 bits per heavy atom. The molecular formula is C18H18Cl2N2O3. The van der Waals surface area contributed by atoms with Crippen LogP contribution in [0.3, 0.4) is 0 Å². The van der Waals surface area contributed by atoms with Gasteiger partial charge in [0.25, 0.3) is 5.91 Å². The van der Waals surface area contributed by atoms with Gasteiger partial charge in [0.1, 0.15) is 0 Å². The van der Waals surface area contributed by atoms with E-state index in [1.54, 1.807) is 18.2 Å². The summed E-state index contributed by atoms with van der Waals surface area (Å²) in [7, 11) is 0. The first-order chi connectivity index (χ1) is 12.0. The minimum absolute atomic E-state index is 0.156. The molecule has 0 heterocycles. The van der Waals surface area contributed by atoms with E-state index in [-0.39, 0.29) is 24.8 Å². The molecule has 0 saturated carbocycles. The summed E-state index contributed by atoms with van der Waals surface area (Å²) in [6.45, 7) is 1.56. The number of carbonyl (C=O) groups is 2. The zero-order valence-electron chi connectivity index (χ0n) is 13.6. The number of halogens is 2. The Labute approximate surface area is 156 Å². The van der Waals surface area contributed by atoms with Crippen molar-refractivity contribution >= 4 is 40.7 Å². The van der Waals surface area contributed by atoms with Gasteiger partial charge in [-0.25, -0.2) is 0 Å². The number of rotatable bonds is 7. The number of carbonyl (C=O) groups excluding carboxylic acids is 2. The van der Waals surface area contributed by atoms with Crippen molar-refractivity contribution in [2.45, 2.75) is 13.3 Å². The summed E-state index contributed by atoms with van der Waals surface area (Å²) in [5, 5.41) is 5.89. The molecule has 0 bridgehead atoms. The molecule has 0 aromatic heterocycles. The highest BCUT2D eigenvalue weighted by atomic mass is 35.5. The Bertz CT molecular complexity index is 745. The average molecular weight is 381 g/mol. The van der Waals surface area contributed by atoms with Gasteiger partial charge in [-0.05, 0) is 30.2 Å². The topological polar surface area (TPSA) is 67.4 Å². The van der Waals surface area contributed by atoms with Crippen molar-refractivity contribution < 1.29 is 14.3 Å². The number of aryl methyl sites for hydroxylation is 1. The predicted molar refractivity (Wildman–Crippen MR) is 99.4 cm³/mol. The zero-order valence-corrected chi connectivity index (χ0v) is 15.2. The van der Waals surface area contributed by atoms with Crippen LogP contribution in [0, 0.1) is 0 Å². The lowest BCUT2D eigenvalue weighted by atomic mass is 10.1. The van der Waals surface area contributed by atoms with Gasteiger partial charge >= 0.3 is 0 Å². The number of para-hydroxylation sites is 2. The maximum atomic E-state index is 12.0. The molecule has 7 heteroatoms.